The van der Waals surface area contributed by atoms with Gasteiger partial charge in [-0.15, -0.1) is 0 Å². The molecule has 1 heterocycles. The Hall–Kier alpha value is -2.57. The van der Waals surface area contributed by atoms with Gasteiger partial charge in [-0.25, -0.2) is 4.79 Å². The van der Waals surface area contributed by atoms with Gasteiger partial charge in [0.05, 0.1) is 0 Å². The summed E-state index contributed by atoms with van der Waals surface area (Å²) in [7, 11) is 0. The fourth-order valence-corrected chi connectivity index (χ4v) is 2.84. The minimum atomic E-state index is -1.04. The van der Waals surface area contributed by atoms with E-state index in [1.165, 1.54) is 0 Å². The Balaban J connectivity index is 1.52. The molecule has 0 aromatic heterocycles. The number of benzene rings is 2. The Morgan fingerprint density at radius 3 is 2.46 bits per heavy atom. The highest BCUT2D eigenvalue weighted by Gasteiger charge is 2.34. The molecule has 2 N–H and O–H groups in total. The Morgan fingerprint density at radius 2 is 1.81 bits per heavy atom. The van der Waals surface area contributed by atoms with Crippen LogP contribution in [0.5, 0.6) is 5.75 Å². The minimum Gasteiger partial charge on any atom is -0.489 e. The van der Waals surface area contributed by atoms with Crippen LogP contribution in [-0.2, 0) is 20.9 Å². The van der Waals surface area contributed by atoms with Crippen molar-refractivity contribution in [3.63, 3.8) is 0 Å². The number of anilines is 1. The number of ether oxygens (including phenoxy) is 2. The summed E-state index contributed by atoms with van der Waals surface area (Å²) < 4.78 is 10.9. The average molecular weight is 376 g/mol. The summed E-state index contributed by atoms with van der Waals surface area (Å²) in [6.07, 6.45) is -0.928. The molecule has 1 aliphatic rings. The molecule has 7 heteroatoms. The lowest BCUT2D eigenvalue weighted by Crippen LogP contribution is -2.29. The van der Waals surface area contributed by atoms with Crippen molar-refractivity contribution >= 4 is 29.2 Å². The van der Waals surface area contributed by atoms with Crippen LogP contribution in [0.1, 0.15) is 18.4 Å². The zero-order valence-corrected chi connectivity index (χ0v) is 14.6. The predicted octanol–water partition coefficient (Wildman–Crippen LogP) is 3.49. The number of carboxylic acids is 1. The Bertz CT molecular complexity index is 793. The maximum Gasteiger partial charge on any atom is 0.332 e. The van der Waals surface area contributed by atoms with E-state index in [9.17, 15) is 9.59 Å². The van der Waals surface area contributed by atoms with E-state index in [1.807, 2.05) is 18.2 Å². The van der Waals surface area contributed by atoms with Crippen LogP contribution in [0.2, 0.25) is 5.02 Å². The van der Waals surface area contributed by atoms with E-state index in [-0.39, 0.29) is 5.91 Å². The fourth-order valence-electron chi connectivity index (χ4n) is 2.65. The number of rotatable bonds is 6. The SMILES string of the molecule is O=C(Nc1ccc(OCc2ccccc2Cl)cc1)[C@@H]1CC[C@H](C(=O)O)O1. The van der Waals surface area contributed by atoms with E-state index in [2.05, 4.69) is 5.32 Å². The largest absolute Gasteiger partial charge is 0.489 e. The van der Waals surface area contributed by atoms with E-state index in [0.717, 1.165) is 5.56 Å². The van der Waals surface area contributed by atoms with E-state index in [0.29, 0.717) is 35.9 Å². The Kier molecular flexibility index (Phi) is 5.75. The number of halogens is 1. The molecule has 2 atom stereocenters. The highest BCUT2D eigenvalue weighted by molar-refractivity contribution is 6.31. The second kappa shape index (κ2) is 8.21. The maximum atomic E-state index is 12.1. The molecular formula is C19H18ClNO5. The maximum absolute atomic E-state index is 12.1. The van der Waals surface area contributed by atoms with Gasteiger partial charge in [0, 0.05) is 16.3 Å². The number of aliphatic carboxylic acids is 1. The van der Waals surface area contributed by atoms with Gasteiger partial charge in [-0.05, 0) is 43.2 Å². The molecule has 26 heavy (non-hydrogen) atoms. The molecule has 136 valence electrons. The summed E-state index contributed by atoms with van der Waals surface area (Å²) >= 11 is 6.09. The molecule has 1 amide bonds. The van der Waals surface area contributed by atoms with Crippen molar-refractivity contribution in [2.24, 2.45) is 0 Å². The van der Waals surface area contributed by atoms with Crippen molar-refractivity contribution in [3.05, 3.63) is 59.1 Å². The van der Waals surface area contributed by atoms with Crippen molar-refractivity contribution in [3.8, 4) is 5.75 Å². The third-order valence-electron chi connectivity index (χ3n) is 4.06. The lowest BCUT2D eigenvalue weighted by Gasteiger charge is -2.12. The molecule has 0 radical (unpaired) electrons. The van der Waals surface area contributed by atoms with Crippen molar-refractivity contribution in [1.29, 1.82) is 0 Å². The highest BCUT2D eigenvalue weighted by Crippen LogP contribution is 2.23. The van der Waals surface area contributed by atoms with E-state index in [1.54, 1.807) is 30.3 Å². The summed E-state index contributed by atoms with van der Waals surface area (Å²) in [5.74, 6) is -0.746. The second-order valence-electron chi connectivity index (χ2n) is 5.92. The molecule has 2 aromatic rings. The van der Waals surface area contributed by atoms with Gasteiger partial charge in [-0.1, -0.05) is 29.8 Å². The third-order valence-corrected chi connectivity index (χ3v) is 4.43. The zero-order chi connectivity index (χ0) is 18.5. The summed E-state index contributed by atoms with van der Waals surface area (Å²) in [6.45, 7) is 0.345. The minimum absolute atomic E-state index is 0.336. The molecular weight excluding hydrogens is 358 g/mol. The molecule has 1 aliphatic heterocycles. The number of amides is 1. The molecule has 0 bridgehead atoms. The van der Waals surface area contributed by atoms with E-state index in [4.69, 9.17) is 26.2 Å². The monoisotopic (exact) mass is 375 g/mol. The summed E-state index contributed by atoms with van der Waals surface area (Å²) in [4.78, 5) is 23.0. The van der Waals surface area contributed by atoms with Crippen LogP contribution < -0.4 is 10.1 Å². The van der Waals surface area contributed by atoms with Crippen molar-refractivity contribution < 1.29 is 24.2 Å². The number of carbonyl (C=O) groups is 2. The normalized spacial score (nSPS) is 19.1. The van der Waals surface area contributed by atoms with Crippen LogP contribution in [0.4, 0.5) is 5.69 Å². The number of carbonyl (C=O) groups excluding carboxylic acids is 1. The van der Waals surface area contributed by atoms with Gasteiger partial charge in [0.25, 0.3) is 5.91 Å². The number of carboxylic acid groups (broad SMARTS) is 1. The molecule has 0 saturated carbocycles. The predicted molar refractivity (Wildman–Crippen MR) is 96.4 cm³/mol. The Labute approximate surface area is 155 Å². The molecule has 1 saturated heterocycles. The standard InChI is InChI=1S/C19H18ClNO5/c20-15-4-2-1-3-12(15)11-25-14-7-5-13(6-8-14)21-18(22)16-9-10-17(26-16)19(23)24/h1-8,16-17H,9-11H2,(H,21,22)(H,23,24)/t16-,17+/m0/s1. The first-order valence-corrected chi connectivity index (χ1v) is 8.56. The van der Waals surface area contributed by atoms with Crippen LogP contribution >= 0.6 is 11.6 Å². The molecule has 6 nitrogen and oxygen atoms in total. The molecule has 3 rings (SSSR count). The lowest BCUT2D eigenvalue weighted by molar-refractivity contribution is -0.150. The first-order chi connectivity index (χ1) is 12.5. The number of hydrogen-bond acceptors (Lipinski definition) is 4. The van der Waals surface area contributed by atoms with Gasteiger partial charge in [-0.2, -0.15) is 0 Å². The Morgan fingerprint density at radius 1 is 1.12 bits per heavy atom. The molecule has 0 spiro atoms. The second-order valence-corrected chi connectivity index (χ2v) is 6.33. The van der Waals surface area contributed by atoms with Crippen molar-refractivity contribution in [1.82, 2.24) is 0 Å². The number of nitrogens with one attached hydrogen (secondary N) is 1. The third kappa shape index (κ3) is 4.53. The van der Waals surface area contributed by atoms with Crippen LogP contribution in [0, 0.1) is 0 Å². The van der Waals surface area contributed by atoms with Crippen molar-refractivity contribution in [2.75, 3.05) is 5.32 Å². The first kappa shape index (κ1) is 18.2. The van der Waals surface area contributed by atoms with Gasteiger partial charge in [0.2, 0.25) is 0 Å². The van der Waals surface area contributed by atoms with Gasteiger partial charge in [0.15, 0.2) is 6.10 Å². The average Bonchev–Trinajstić information content (AvgIpc) is 3.13. The first-order valence-electron chi connectivity index (χ1n) is 8.18. The highest BCUT2D eigenvalue weighted by atomic mass is 35.5. The van der Waals surface area contributed by atoms with Crippen LogP contribution in [0.15, 0.2) is 48.5 Å². The smallest absolute Gasteiger partial charge is 0.332 e. The van der Waals surface area contributed by atoms with Crippen molar-refractivity contribution in [2.45, 2.75) is 31.7 Å². The van der Waals surface area contributed by atoms with Crippen LogP contribution in [0.25, 0.3) is 0 Å². The van der Waals surface area contributed by atoms with Crippen LogP contribution in [0.3, 0.4) is 0 Å². The van der Waals surface area contributed by atoms with Gasteiger partial charge in [-0.3, -0.25) is 4.79 Å². The van der Waals surface area contributed by atoms with E-state index >= 15 is 0 Å². The number of hydrogen-bond donors (Lipinski definition) is 2. The zero-order valence-electron chi connectivity index (χ0n) is 13.9. The quantitative estimate of drug-likeness (QED) is 0.807. The molecule has 0 unspecified atom stereocenters. The van der Waals surface area contributed by atoms with Crippen LogP contribution in [-0.4, -0.2) is 29.2 Å². The summed E-state index contributed by atoms with van der Waals surface area (Å²) in [5.41, 5.74) is 1.47. The van der Waals surface area contributed by atoms with E-state index < -0.39 is 18.2 Å². The van der Waals surface area contributed by atoms with Gasteiger partial charge >= 0.3 is 5.97 Å². The fraction of sp³-hybridized carbons (Fsp3) is 0.263. The lowest BCUT2D eigenvalue weighted by atomic mass is 10.2. The van der Waals surface area contributed by atoms with Gasteiger partial charge in [0.1, 0.15) is 18.5 Å². The molecule has 2 aromatic carbocycles. The summed E-state index contributed by atoms with van der Waals surface area (Å²) in [5, 5.41) is 12.3. The molecule has 1 fully saturated rings. The summed E-state index contributed by atoms with van der Waals surface area (Å²) in [6, 6.07) is 14.3. The topological polar surface area (TPSA) is 84.9 Å². The molecule has 0 aliphatic carbocycles. The van der Waals surface area contributed by atoms with Gasteiger partial charge < -0.3 is 19.9 Å².